The number of anilines is 2. The highest BCUT2D eigenvalue weighted by molar-refractivity contribution is 6.06. The van der Waals surface area contributed by atoms with Gasteiger partial charge < -0.3 is 29.6 Å². The fraction of sp³-hybridized carbons (Fsp3) is 0.172. The van der Waals surface area contributed by atoms with Crippen LogP contribution in [0.1, 0.15) is 28.9 Å². The Morgan fingerprint density at radius 3 is 2.46 bits per heavy atom. The van der Waals surface area contributed by atoms with Crippen LogP contribution in [0.3, 0.4) is 0 Å². The highest BCUT2D eigenvalue weighted by Gasteiger charge is 2.34. The second-order valence-electron chi connectivity index (χ2n) is 8.89. The number of halogens is 1. The molecule has 1 aliphatic heterocycles. The van der Waals surface area contributed by atoms with E-state index in [2.05, 4.69) is 20.7 Å². The number of ether oxygens (including phenoxy) is 4. The van der Waals surface area contributed by atoms with E-state index in [9.17, 15) is 14.0 Å². The molecule has 1 aliphatic rings. The summed E-state index contributed by atoms with van der Waals surface area (Å²) in [5.41, 5.74) is 1.71. The molecule has 3 aromatic carbocycles. The van der Waals surface area contributed by atoms with Crippen LogP contribution in [0.25, 0.3) is 0 Å². The average molecular weight is 560 g/mol. The molecule has 1 amide bonds. The normalized spacial score (nSPS) is 14.0. The number of carbonyl (C=O) groups is 2. The number of hydrogen-bond acceptors (Lipinski definition) is 9. The van der Waals surface area contributed by atoms with Crippen LogP contribution in [0, 0.1) is 5.82 Å². The number of nitrogens with zero attached hydrogens (tertiary/aromatic N) is 3. The number of nitrogens with one attached hydrogen (secondary N) is 2. The lowest BCUT2D eigenvalue weighted by Crippen LogP contribution is -2.31. The molecule has 0 saturated heterocycles. The van der Waals surface area contributed by atoms with Gasteiger partial charge in [-0.15, -0.1) is 0 Å². The summed E-state index contributed by atoms with van der Waals surface area (Å²) < 4.78 is 37.3. The zero-order chi connectivity index (χ0) is 29.1. The summed E-state index contributed by atoms with van der Waals surface area (Å²) in [7, 11) is 4.44. The maximum absolute atomic E-state index is 14.1. The molecule has 11 nitrogen and oxygen atoms in total. The molecule has 1 unspecified atom stereocenters. The van der Waals surface area contributed by atoms with Gasteiger partial charge in [0, 0.05) is 11.8 Å². The van der Waals surface area contributed by atoms with Gasteiger partial charge in [-0.05, 0) is 48.9 Å². The van der Waals surface area contributed by atoms with Gasteiger partial charge in [-0.25, -0.2) is 13.9 Å². The van der Waals surface area contributed by atoms with Crippen molar-refractivity contribution in [1.82, 2.24) is 14.8 Å². The van der Waals surface area contributed by atoms with Gasteiger partial charge in [0.05, 0.1) is 38.2 Å². The van der Waals surface area contributed by atoms with Crippen molar-refractivity contribution in [2.24, 2.45) is 0 Å². The van der Waals surface area contributed by atoms with Crippen molar-refractivity contribution >= 4 is 23.5 Å². The van der Waals surface area contributed by atoms with Gasteiger partial charge in [0.15, 0.2) is 11.5 Å². The minimum Gasteiger partial charge on any atom is -0.497 e. The molecule has 4 aromatic rings. The van der Waals surface area contributed by atoms with E-state index in [0.29, 0.717) is 40.0 Å². The van der Waals surface area contributed by atoms with Crippen LogP contribution in [-0.4, -0.2) is 48.0 Å². The molecule has 0 bridgehead atoms. The van der Waals surface area contributed by atoms with E-state index in [1.165, 1.54) is 58.0 Å². The molecular formula is C29H26FN5O6. The summed E-state index contributed by atoms with van der Waals surface area (Å²) in [6.45, 7) is 1.76. The number of carbonyl (C=O) groups excluding carboxylic acids is 2. The van der Waals surface area contributed by atoms with Gasteiger partial charge in [-0.3, -0.25) is 4.79 Å². The fourth-order valence-electron chi connectivity index (χ4n) is 4.50. The van der Waals surface area contributed by atoms with Crippen LogP contribution in [0.2, 0.25) is 0 Å². The Bertz CT molecular complexity index is 1670. The van der Waals surface area contributed by atoms with Crippen molar-refractivity contribution in [3.05, 3.63) is 95.2 Å². The number of benzene rings is 3. The maximum Gasteiger partial charge on any atom is 0.346 e. The van der Waals surface area contributed by atoms with Gasteiger partial charge in [-0.2, -0.15) is 10.1 Å². The summed E-state index contributed by atoms with van der Waals surface area (Å²) in [4.78, 5) is 30.7. The lowest BCUT2D eigenvalue weighted by molar-refractivity contribution is -0.113. The van der Waals surface area contributed by atoms with Gasteiger partial charge in [-0.1, -0.05) is 18.2 Å². The molecule has 0 radical (unpaired) electrons. The monoisotopic (exact) mass is 559 g/mol. The van der Waals surface area contributed by atoms with Crippen LogP contribution in [0.5, 0.6) is 23.0 Å². The molecule has 2 N–H and O–H groups in total. The summed E-state index contributed by atoms with van der Waals surface area (Å²) in [5, 5.41) is 10.4. The van der Waals surface area contributed by atoms with Crippen LogP contribution in [-0.2, 0) is 4.79 Å². The number of allylic oxidation sites excluding steroid dienone is 1. The first kappa shape index (κ1) is 27.2. The molecule has 0 fully saturated rings. The zero-order valence-electron chi connectivity index (χ0n) is 22.6. The quantitative estimate of drug-likeness (QED) is 0.235. The third kappa shape index (κ3) is 5.26. The van der Waals surface area contributed by atoms with Gasteiger partial charge in [0.25, 0.3) is 5.91 Å². The van der Waals surface area contributed by atoms with Crippen molar-refractivity contribution in [1.29, 1.82) is 0 Å². The molecule has 0 aliphatic carbocycles. The maximum atomic E-state index is 14.1. The standard InChI is InChI=1S/C29H26FN5O6/c1-16-25(27(36)34-21-11-10-18(38-2)14-23(21)39-3)26(35-29(33-16)31-15-32-35)17-9-12-22(24(13-17)40-4)41-28(37)19-7-5-6-8-20(19)30/h5-15,26H,1-4H3,(H,34,36)(H,31,32,33). The number of hydrogen-bond donors (Lipinski definition) is 2. The van der Waals surface area contributed by atoms with Crippen molar-refractivity contribution in [2.45, 2.75) is 13.0 Å². The number of fused-ring (bicyclic) bond motifs is 1. The Labute approximate surface area is 234 Å². The lowest BCUT2D eigenvalue weighted by atomic mass is 9.94. The van der Waals surface area contributed by atoms with Gasteiger partial charge in [0.1, 0.15) is 29.7 Å². The first-order valence-corrected chi connectivity index (χ1v) is 12.4. The van der Waals surface area contributed by atoms with Crippen molar-refractivity contribution < 1.29 is 32.9 Å². The lowest BCUT2D eigenvalue weighted by Gasteiger charge is -2.29. The van der Waals surface area contributed by atoms with E-state index in [4.69, 9.17) is 18.9 Å². The van der Waals surface area contributed by atoms with Crippen molar-refractivity contribution in [3.63, 3.8) is 0 Å². The molecule has 41 heavy (non-hydrogen) atoms. The van der Waals surface area contributed by atoms with Crippen LogP contribution in [0.4, 0.5) is 16.0 Å². The fourth-order valence-corrected chi connectivity index (χ4v) is 4.50. The summed E-state index contributed by atoms with van der Waals surface area (Å²) >= 11 is 0. The summed E-state index contributed by atoms with van der Waals surface area (Å²) in [6, 6.07) is 14.6. The van der Waals surface area contributed by atoms with Gasteiger partial charge >= 0.3 is 5.97 Å². The number of aromatic nitrogens is 3. The molecule has 210 valence electrons. The molecular weight excluding hydrogens is 533 g/mol. The first-order valence-electron chi connectivity index (χ1n) is 12.4. The smallest absolute Gasteiger partial charge is 0.346 e. The third-order valence-corrected chi connectivity index (χ3v) is 6.50. The summed E-state index contributed by atoms with van der Waals surface area (Å²) in [6.07, 6.45) is 1.37. The first-order chi connectivity index (χ1) is 19.8. The van der Waals surface area contributed by atoms with E-state index in [1.807, 2.05) is 0 Å². The minimum absolute atomic E-state index is 0.0759. The number of rotatable bonds is 8. The zero-order valence-corrected chi connectivity index (χ0v) is 22.6. The number of amides is 1. The van der Waals surface area contributed by atoms with Gasteiger partial charge in [0.2, 0.25) is 5.95 Å². The predicted molar refractivity (Wildman–Crippen MR) is 147 cm³/mol. The predicted octanol–water partition coefficient (Wildman–Crippen LogP) is 4.59. The molecule has 1 atom stereocenters. The Kier molecular flexibility index (Phi) is 7.55. The Morgan fingerprint density at radius 1 is 0.951 bits per heavy atom. The second-order valence-corrected chi connectivity index (χ2v) is 8.89. The molecule has 2 heterocycles. The summed E-state index contributed by atoms with van der Waals surface area (Å²) in [5.74, 6) is -0.305. The number of esters is 1. The largest absolute Gasteiger partial charge is 0.497 e. The molecule has 0 saturated carbocycles. The van der Waals surface area contributed by atoms with E-state index in [1.54, 1.807) is 41.9 Å². The Balaban J connectivity index is 1.50. The topological polar surface area (TPSA) is 126 Å². The SMILES string of the molecule is COc1ccc(NC(=O)C2=C(C)Nc3ncnn3C2c2ccc(OC(=O)c3ccccc3F)c(OC)c2)c(OC)c1. The highest BCUT2D eigenvalue weighted by atomic mass is 19.1. The van der Waals surface area contributed by atoms with Crippen molar-refractivity contribution in [2.75, 3.05) is 32.0 Å². The van der Waals surface area contributed by atoms with Crippen LogP contribution < -0.4 is 29.6 Å². The minimum atomic E-state index is -0.876. The van der Waals surface area contributed by atoms with E-state index in [0.717, 1.165) is 0 Å². The second kappa shape index (κ2) is 11.4. The van der Waals surface area contributed by atoms with E-state index >= 15 is 0 Å². The van der Waals surface area contributed by atoms with Crippen LogP contribution >= 0.6 is 0 Å². The Morgan fingerprint density at radius 2 is 1.73 bits per heavy atom. The average Bonchev–Trinajstić information content (AvgIpc) is 3.45. The molecule has 1 aromatic heterocycles. The number of methoxy groups -OCH3 is 3. The van der Waals surface area contributed by atoms with Crippen molar-refractivity contribution in [3.8, 4) is 23.0 Å². The highest BCUT2D eigenvalue weighted by Crippen LogP contribution is 2.39. The molecule has 12 heteroatoms. The van der Waals surface area contributed by atoms with E-state index in [-0.39, 0.29) is 17.1 Å². The molecule has 0 spiro atoms. The van der Waals surface area contributed by atoms with E-state index < -0.39 is 23.7 Å². The van der Waals surface area contributed by atoms with Crippen LogP contribution in [0.15, 0.2) is 78.3 Å². The third-order valence-electron chi connectivity index (χ3n) is 6.50. The molecule has 5 rings (SSSR count). The Hall–Kier alpha value is -5.39.